The Morgan fingerprint density at radius 3 is 2.65 bits per heavy atom. The summed E-state index contributed by atoms with van der Waals surface area (Å²) in [4.78, 5) is 0. The fourth-order valence-corrected chi connectivity index (χ4v) is 3.18. The molecule has 2 N–H and O–H groups in total. The van der Waals surface area contributed by atoms with Crippen LogP contribution in [0, 0.1) is 5.41 Å². The highest BCUT2D eigenvalue weighted by Gasteiger charge is 2.30. The average molecular weight is 277 g/mol. The van der Waals surface area contributed by atoms with Crippen molar-refractivity contribution in [1.29, 1.82) is 0 Å². The lowest BCUT2D eigenvalue weighted by molar-refractivity contribution is 0.0816. The number of benzene rings is 1. The van der Waals surface area contributed by atoms with E-state index in [4.69, 9.17) is 4.74 Å². The third kappa shape index (κ3) is 3.97. The van der Waals surface area contributed by atoms with Crippen LogP contribution in [0.25, 0.3) is 0 Å². The maximum atomic E-state index is 9.68. The molecular formula is C17H27NO2. The standard InChI is InChI=1S/C17H27NO2/c1-20-16-8-4-3-7-15(16)9-12-18-13-17(14-19)10-5-2-6-11-17/h3-4,7-8,18-19H,2,5-6,9-14H2,1H3. The van der Waals surface area contributed by atoms with Crippen LogP contribution in [0.5, 0.6) is 5.75 Å². The molecule has 0 heterocycles. The minimum Gasteiger partial charge on any atom is -0.496 e. The summed E-state index contributed by atoms with van der Waals surface area (Å²) in [6.07, 6.45) is 7.12. The van der Waals surface area contributed by atoms with Gasteiger partial charge in [0.25, 0.3) is 0 Å². The van der Waals surface area contributed by atoms with E-state index in [1.165, 1.54) is 24.8 Å². The van der Waals surface area contributed by atoms with Gasteiger partial charge in [0.05, 0.1) is 7.11 Å². The number of aliphatic hydroxyl groups excluding tert-OH is 1. The Hall–Kier alpha value is -1.06. The first-order valence-corrected chi connectivity index (χ1v) is 7.73. The van der Waals surface area contributed by atoms with Crippen LogP contribution in [-0.4, -0.2) is 31.9 Å². The Morgan fingerprint density at radius 1 is 1.20 bits per heavy atom. The van der Waals surface area contributed by atoms with E-state index in [0.717, 1.165) is 38.1 Å². The molecule has 112 valence electrons. The van der Waals surface area contributed by atoms with Gasteiger partial charge in [0, 0.05) is 18.6 Å². The molecule has 0 unspecified atom stereocenters. The molecular weight excluding hydrogens is 250 g/mol. The van der Waals surface area contributed by atoms with Gasteiger partial charge in [0.2, 0.25) is 0 Å². The second-order valence-corrected chi connectivity index (χ2v) is 5.96. The van der Waals surface area contributed by atoms with Crippen LogP contribution in [0.4, 0.5) is 0 Å². The number of hydrogen-bond donors (Lipinski definition) is 2. The van der Waals surface area contributed by atoms with Gasteiger partial charge >= 0.3 is 0 Å². The van der Waals surface area contributed by atoms with Gasteiger partial charge in [-0.25, -0.2) is 0 Å². The van der Waals surface area contributed by atoms with Crippen molar-refractivity contribution >= 4 is 0 Å². The molecule has 0 aromatic heterocycles. The van der Waals surface area contributed by atoms with Crippen molar-refractivity contribution in [3.63, 3.8) is 0 Å². The summed E-state index contributed by atoms with van der Waals surface area (Å²) in [5, 5.41) is 13.2. The molecule has 0 aliphatic heterocycles. The van der Waals surface area contributed by atoms with Gasteiger partial charge in [-0.2, -0.15) is 0 Å². The lowest BCUT2D eigenvalue weighted by atomic mass is 9.74. The van der Waals surface area contributed by atoms with Crippen molar-refractivity contribution in [3.8, 4) is 5.75 Å². The topological polar surface area (TPSA) is 41.5 Å². The summed E-state index contributed by atoms with van der Waals surface area (Å²) in [7, 11) is 1.72. The van der Waals surface area contributed by atoms with E-state index in [-0.39, 0.29) is 5.41 Å². The molecule has 1 saturated carbocycles. The molecule has 1 fully saturated rings. The Bertz CT molecular complexity index is 400. The monoisotopic (exact) mass is 277 g/mol. The predicted octanol–water partition coefficient (Wildman–Crippen LogP) is 2.77. The van der Waals surface area contributed by atoms with E-state index in [2.05, 4.69) is 11.4 Å². The van der Waals surface area contributed by atoms with Gasteiger partial charge in [-0.3, -0.25) is 0 Å². The highest BCUT2D eigenvalue weighted by Crippen LogP contribution is 2.35. The first kappa shape index (κ1) is 15.3. The molecule has 1 aromatic rings. The molecule has 2 rings (SSSR count). The van der Waals surface area contributed by atoms with E-state index in [1.807, 2.05) is 18.2 Å². The van der Waals surface area contributed by atoms with Crippen molar-refractivity contribution in [2.24, 2.45) is 5.41 Å². The number of aliphatic hydroxyl groups is 1. The highest BCUT2D eigenvalue weighted by atomic mass is 16.5. The van der Waals surface area contributed by atoms with Crippen molar-refractivity contribution in [3.05, 3.63) is 29.8 Å². The lowest BCUT2D eigenvalue weighted by Gasteiger charge is -2.35. The van der Waals surface area contributed by atoms with Crippen molar-refractivity contribution in [2.45, 2.75) is 38.5 Å². The van der Waals surface area contributed by atoms with Gasteiger partial charge < -0.3 is 15.2 Å². The minimum absolute atomic E-state index is 0.124. The molecule has 3 nitrogen and oxygen atoms in total. The highest BCUT2D eigenvalue weighted by molar-refractivity contribution is 5.33. The number of methoxy groups -OCH3 is 1. The van der Waals surface area contributed by atoms with E-state index in [9.17, 15) is 5.11 Å². The molecule has 20 heavy (non-hydrogen) atoms. The molecule has 0 atom stereocenters. The quantitative estimate of drug-likeness (QED) is 0.753. The van der Waals surface area contributed by atoms with E-state index < -0.39 is 0 Å². The Morgan fingerprint density at radius 2 is 1.95 bits per heavy atom. The second-order valence-electron chi connectivity index (χ2n) is 5.96. The first-order valence-electron chi connectivity index (χ1n) is 7.73. The largest absolute Gasteiger partial charge is 0.496 e. The van der Waals surface area contributed by atoms with Gasteiger partial charge in [-0.05, 0) is 37.4 Å². The third-order valence-electron chi connectivity index (χ3n) is 4.51. The van der Waals surface area contributed by atoms with Crippen LogP contribution in [0.2, 0.25) is 0 Å². The van der Waals surface area contributed by atoms with Crippen LogP contribution in [0.15, 0.2) is 24.3 Å². The fourth-order valence-electron chi connectivity index (χ4n) is 3.18. The summed E-state index contributed by atoms with van der Waals surface area (Å²) in [6.45, 7) is 2.18. The molecule has 0 amide bonds. The van der Waals surface area contributed by atoms with E-state index in [1.54, 1.807) is 7.11 Å². The molecule has 0 saturated heterocycles. The van der Waals surface area contributed by atoms with Crippen molar-refractivity contribution < 1.29 is 9.84 Å². The van der Waals surface area contributed by atoms with Crippen LogP contribution >= 0.6 is 0 Å². The van der Waals surface area contributed by atoms with Crippen LogP contribution < -0.4 is 10.1 Å². The number of rotatable bonds is 7. The zero-order chi connectivity index (χ0) is 14.3. The smallest absolute Gasteiger partial charge is 0.122 e. The van der Waals surface area contributed by atoms with Crippen LogP contribution in [0.1, 0.15) is 37.7 Å². The summed E-state index contributed by atoms with van der Waals surface area (Å²) < 4.78 is 5.37. The SMILES string of the molecule is COc1ccccc1CCNCC1(CO)CCCCC1. The van der Waals surface area contributed by atoms with Crippen molar-refractivity contribution in [1.82, 2.24) is 5.32 Å². The number of nitrogens with one attached hydrogen (secondary N) is 1. The zero-order valence-corrected chi connectivity index (χ0v) is 12.5. The Balaban J connectivity index is 1.78. The lowest BCUT2D eigenvalue weighted by Crippen LogP contribution is -2.39. The van der Waals surface area contributed by atoms with Crippen LogP contribution in [0.3, 0.4) is 0 Å². The summed E-state index contributed by atoms with van der Waals surface area (Å²) in [5.41, 5.74) is 1.36. The summed E-state index contributed by atoms with van der Waals surface area (Å²) in [6, 6.07) is 8.17. The summed E-state index contributed by atoms with van der Waals surface area (Å²) in [5.74, 6) is 0.962. The number of ether oxygens (including phenoxy) is 1. The first-order chi connectivity index (χ1) is 9.79. The third-order valence-corrected chi connectivity index (χ3v) is 4.51. The number of para-hydroxylation sites is 1. The maximum absolute atomic E-state index is 9.68. The minimum atomic E-state index is 0.124. The molecule has 1 aliphatic carbocycles. The Labute approximate surface area is 122 Å². The summed E-state index contributed by atoms with van der Waals surface area (Å²) >= 11 is 0. The van der Waals surface area contributed by atoms with E-state index >= 15 is 0 Å². The Kier molecular flexibility index (Phi) is 5.86. The van der Waals surface area contributed by atoms with Gasteiger partial charge in [-0.15, -0.1) is 0 Å². The maximum Gasteiger partial charge on any atom is 0.122 e. The zero-order valence-electron chi connectivity index (χ0n) is 12.5. The van der Waals surface area contributed by atoms with Gasteiger partial charge in [0.1, 0.15) is 5.75 Å². The molecule has 3 heteroatoms. The molecule has 1 aliphatic rings. The fraction of sp³-hybridized carbons (Fsp3) is 0.647. The molecule has 0 bridgehead atoms. The molecule has 0 radical (unpaired) electrons. The van der Waals surface area contributed by atoms with Crippen LogP contribution in [-0.2, 0) is 6.42 Å². The number of hydrogen-bond acceptors (Lipinski definition) is 3. The normalized spacial score (nSPS) is 17.9. The second kappa shape index (κ2) is 7.65. The average Bonchev–Trinajstić information content (AvgIpc) is 2.53. The predicted molar refractivity (Wildman–Crippen MR) is 82.2 cm³/mol. The van der Waals surface area contributed by atoms with Gasteiger partial charge in [0.15, 0.2) is 0 Å². The molecule has 1 aromatic carbocycles. The van der Waals surface area contributed by atoms with E-state index in [0.29, 0.717) is 6.61 Å². The van der Waals surface area contributed by atoms with Gasteiger partial charge in [-0.1, -0.05) is 37.5 Å². The molecule has 0 spiro atoms. The van der Waals surface area contributed by atoms with Crippen molar-refractivity contribution in [2.75, 3.05) is 26.8 Å².